The summed E-state index contributed by atoms with van der Waals surface area (Å²) in [4.78, 5) is 24.3. The second-order valence-electron chi connectivity index (χ2n) is 9.81. The Kier molecular flexibility index (Phi) is 4.39. The number of rotatable bonds is 3. The van der Waals surface area contributed by atoms with Crippen LogP contribution in [0.3, 0.4) is 0 Å². The quantitative estimate of drug-likeness (QED) is 0.654. The predicted octanol–water partition coefficient (Wildman–Crippen LogP) is 4.88. The lowest BCUT2D eigenvalue weighted by Gasteiger charge is -2.57. The van der Waals surface area contributed by atoms with Crippen molar-refractivity contribution in [3.8, 4) is 0 Å². The first-order valence-corrected chi connectivity index (χ1v) is 13.1. The van der Waals surface area contributed by atoms with Gasteiger partial charge in [0.25, 0.3) is 0 Å². The predicted molar refractivity (Wildman–Crippen MR) is 121 cm³/mol. The van der Waals surface area contributed by atoms with E-state index in [1.807, 2.05) is 0 Å². The number of hydrogen-bond donors (Lipinski definition) is 0. The first-order valence-electron chi connectivity index (χ1n) is 11.1. The van der Waals surface area contributed by atoms with Crippen LogP contribution in [0.2, 0.25) is 0 Å². The second kappa shape index (κ2) is 6.88. The zero-order valence-corrected chi connectivity index (χ0v) is 18.7. The number of carbonyl (C=O) groups is 1. The summed E-state index contributed by atoms with van der Waals surface area (Å²) in [5.41, 5.74) is 1.09. The number of amides is 1. The molecule has 7 rings (SSSR count). The molecule has 0 N–H and O–H groups in total. The highest BCUT2D eigenvalue weighted by Gasteiger charge is 2.55. The molecule has 1 amide bonds. The van der Waals surface area contributed by atoms with Gasteiger partial charge in [-0.1, -0.05) is 11.3 Å². The van der Waals surface area contributed by atoms with E-state index in [-0.39, 0.29) is 5.41 Å². The number of carbonyl (C=O) groups excluding carboxylic acids is 1. The molecule has 0 spiro atoms. The molecule has 5 fully saturated rings. The smallest absolute Gasteiger partial charge is 0.228 e. The Labute approximate surface area is 181 Å². The highest BCUT2D eigenvalue weighted by molar-refractivity contribution is 7.98. The maximum atomic E-state index is 13.6. The zero-order valence-electron chi connectivity index (χ0n) is 17.1. The standard InChI is InChI=1S/C23H29N3OS2/c1-28-18-2-3-19-20(11-18)29-22(24-19)26-6-4-25(5-7-26)21(27)23-12-15-8-16(13-23)10-17(9-15)14-23/h2-3,11,15-17H,4-10,12-14H2,1H3. The molecule has 1 aromatic heterocycles. The fourth-order valence-corrected chi connectivity index (χ4v) is 8.53. The van der Waals surface area contributed by atoms with Gasteiger partial charge in [-0.25, -0.2) is 4.98 Å². The Morgan fingerprint density at radius 1 is 1.07 bits per heavy atom. The third-order valence-electron chi connectivity index (χ3n) is 7.91. The van der Waals surface area contributed by atoms with Gasteiger partial charge >= 0.3 is 0 Å². The summed E-state index contributed by atoms with van der Waals surface area (Å²) in [5, 5.41) is 1.11. The molecule has 2 heterocycles. The molecule has 1 saturated heterocycles. The minimum absolute atomic E-state index is 0.000995. The lowest BCUT2D eigenvalue weighted by molar-refractivity contribution is -0.158. The Morgan fingerprint density at radius 2 is 1.72 bits per heavy atom. The van der Waals surface area contributed by atoms with Crippen LogP contribution in [0.5, 0.6) is 0 Å². The molecule has 154 valence electrons. The number of anilines is 1. The largest absolute Gasteiger partial charge is 0.345 e. The van der Waals surface area contributed by atoms with Gasteiger partial charge in [0.05, 0.1) is 15.6 Å². The molecule has 4 bridgehead atoms. The maximum Gasteiger partial charge on any atom is 0.228 e. The van der Waals surface area contributed by atoms with Crippen molar-refractivity contribution in [3.63, 3.8) is 0 Å². The third kappa shape index (κ3) is 3.09. The lowest BCUT2D eigenvalue weighted by atomic mass is 9.49. The van der Waals surface area contributed by atoms with Crippen LogP contribution in [0.25, 0.3) is 10.2 Å². The molecular weight excluding hydrogens is 398 g/mol. The molecule has 2 aromatic rings. The molecule has 5 aliphatic rings. The molecular formula is C23H29N3OS2. The topological polar surface area (TPSA) is 36.4 Å². The SMILES string of the molecule is CSc1ccc2nc(N3CCN(C(=O)C45CC6CC(CC(C6)C4)C5)CC3)sc2c1. The molecule has 1 aliphatic heterocycles. The average Bonchev–Trinajstić information content (AvgIpc) is 3.15. The van der Waals surface area contributed by atoms with Gasteiger partial charge in [-0.3, -0.25) is 4.79 Å². The molecule has 1 aromatic carbocycles. The van der Waals surface area contributed by atoms with Crippen molar-refractivity contribution in [2.45, 2.75) is 43.4 Å². The Morgan fingerprint density at radius 3 is 2.34 bits per heavy atom. The number of piperazine rings is 1. The number of aromatic nitrogens is 1. The van der Waals surface area contributed by atoms with Gasteiger partial charge in [-0.15, -0.1) is 11.8 Å². The van der Waals surface area contributed by atoms with E-state index in [0.717, 1.165) is 54.6 Å². The molecule has 4 saturated carbocycles. The van der Waals surface area contributed by atoms with Gasteiger partial charge in [0, 0.05) is 31.1 Å². The second-order valence-corrected chi connectivity index (χ2v) is 11.7. The number of thiazole rings is 1. The third-order valence-corrected chi connectivity index (χ3v) is 9.72. The van der Waals surface area contributed by atoms with E-state index in [1.165, 1.54) is 48.1 Å². The number of hydrogen-bond acceptors (Lipinski definition) is 5. The Balaban J connectivity index is 1.15. The summed E-state index contributed by atoms with van der Waals surface area (Å²) < 4.78 is 1.26. The van der Waals surface area contributed by atoms with E-state index in [4.69, 9.17) is 4.98 Å². The number of benzene rings is 1. The zero-order chi connectivity index (χ0) is 19.6. The van der Waals surface area contributed by atoms with Crippen LogP contribution in [0.15, 0.2) is 23.1 Å². The fourth-order valence-electron chi connectivity index (χ4n) is 6.96. The maximum absolute atomic E-state index is 13.6. The van der Waals surface area contributed by atoms with E-state index < -0.39 is 0 Å². The molecule has 4 aliphatic carbocycles. The summed E-state index contributed by atoms with van der Waals surface area (Å²) in [6, 6.07) is 6.53. The molecule has 0 radical (unpaired) electrons. The van der Waals surface area contributed by atoms with Crippen molar-refractivity contribution in [2.75, 3.05) is 37.3 Å². The Bertz CT molecular complexity index is 911. The monoisotopic (exact) mass is 427 g/mol. The molecule has 4 nitrogen and oxygen atoms in total. The van der Waals surface area contributed by atoms with Gasteiger partial charge in [0.2, 0.25) is 5.91 Å². The molecule has 6 heteroatoms. The normalized spacial score (nSPS) is 33.6. The van der Waals surface area contributed by atoms with E-state index in [0.29, 0.717) is 5.91 Å². The van der Waals surface area contributed by atoms with Crippen LogP contribution < -0.4 is 4.90 Å². The van der Waals surface area contributed by atoms with Crippen LogP contribution >= 0.6 is 23.1 Å². The van der Waals surface area contributed by atoms with Crippen molar-refractivity contribution in [1.82, 2.24) is 9.88 Å². The molecule has 0 atom stereocenters. The number of nitrogens with zero attached hydrogens (tertiary/aromatic N) is 3. The van der Waals surface area contributed by atoms with Crippen LogP contribution in [-0.2, 0) is 4.79 Å². The first kappa shape index (κ1) is 18.5. The number of fused-ring (bicyclic) bond motifs is 1. The van der Waals surface area contributed by atoms with E-state index in [2.05, 4.69) is 34.3 Å². The van der Waals surface area contributed by atoms with Crippen LogP contribution in [0.4, 0.5) is 5.13 Å². The first-order chi connectivity index (χ1) is 14.1. The number of thioether (sulfide) groups is 1. The Hall–Kier alpha value is -1.27. The van der Waals surface area contributed by atoms with Gasteiger partial charge in [-0.05, 0) is 80.7 Å². The van der Waals surface area contributed by atoms with Crippen LogP contribution in [0.1, 0.15) is 38.5 Å². The summed E-state index contributed by atoms with van der Waals surface area (Å²) in [7, 11) is 0. The highest BCUT2D eigenvalue weighted by atomic mass is 32.2. The van der Waals surface area contributed by atoms with Gasteiger partial charge in [0.1, 0.15) is 0 Å². The summed E-state index contributed by atoms with van der Waals surface area (Å²) in [6.07, 6.45) is 9.83. The summed E-state index contributed by atoms with van der Waals surface area (Å²) in [5.74, 6) is 2.99. The summed E-state index contributed by atoms with van der Waals surface area (Å²) in [6.45, 7) is 3.53. The van der Waals surface area contributed by atoms with Gasteiger partial charge < -0.3 is 9.80 Å². The minimum atomic E-state index is 0.000995. The minimum Gasteiger partial charge on any atom is -0.345 e. The average molecular weight is 428 g/mol. The van der Waals surface area contributed by atoms with Gasteiger partial charge in [-0.2, -0.15) is 0 Å². The highest BCUT2D eigenvalue weighted by Crippen LogP contribution is 2.60. The van der Waals surface area contributed by atoms with E-state index in [9.17, 15) is 4.79 Å². The van der Waals surface area contributed by atoms with E-state index in [1.54, 1.807) is 23.1 Å². The van der Waals surface area contributed by atoms with Crippen LogP contribution in [-0.4, -0.2) is 48.2 Å². The van der Waals surface area contributed by atoms with Gasteiger partial charge in [0.15, 0.2) is 5.13 Å². The van der Waals surface area contributed by atoms with Crippen molar-refractivity contribution >= 4 is 44.4 Å². The molecule has 0 unspecified atom stereocenters. The van der Waals surface area contributed by atoms with Crippen molar-refractivity contribution in [1.29, 1.82) is 0 Å². The van der Waals surface area contributed by atoms with E-state index >= 15 is 0 Å². The van der Waals surface area contributed by atoms with Crippen molar-refractivity contribution < 1.29 is 4.79 Å². The lowest BCUT2D eigenvalue weighted by Crippen LogP contribution is -2.58. The van der Waals surface area contributed by atoms with Crippen LogP contribution in [0, 0.1) is 23.2 Å². The fraction of sp³-hybridized carbons (Fsp3) is 0.652. The summed E-state index contributed by atoms with van der Waals surface area (Å²) >= 11 is 3.56. The van der Waals surface area contributed by atoms with Crippen molar-refractivity contribution in [3.05, 3.63) is 18.2 Å². The molecule has 29 heavy (non-hydrogen) atoms. The van der Waals surface area contributed by atoms with Crippen molar-refractivity contribution in [2.24, 2.45) is 23.2 Å².